The van der Waals surface area contributed by atoms with Gasteiger partial charge in [0.05, 0.1) is 19.3 Å². The summed E-state index contributed by atoms with van der Waals surface area (Å²) >= 11 is 0. The summed E-state index contributed by atoms with van der Waals surface area (Å²) in [5.41, 5.74) is 12.2. The van der Waals surface area contributed by atoms with E-state index >= 15 is 0 Å². The van der Waals surface area contributed by atoms with Crippen LogP contribution in [0.5, 0.6) is 0 Å². The number of imide groups is 1. The van der Waals surface area contributed by atoms with E-state index in [9.17, 15) is 19.3 Å². The van der Waals surface area contributed by atoms with Crippen LogP contribution in [0.25, 0.3) is 0 Å². The van der Waals surface area contributed by atoms with E-state index in [-0.39, 0.29) is 19.5 Å². The lowest BCUT2D eigenvalue weighted by Gasteiger charge is -2.36. The first-order chi connectivity index (χ1) is 11.9. The Morgan fingerprint density at radius 2 is 2.16 bits per heavy atom. The smallest absolute Gasteiger partial charge is 0.364 e. The normalized spacial score (nSPS) is 29.9. The van der Waals surface area contributed by atoms with Crippen LogP contribution in [0.3, 0.4) is 0 Å². The SMILES string of the molecule is NC(=O)[C@@H]1CCC[N+]1(C(=O)[C@@H](N)Cc1cnc[nH]1)C(=O)[C@@H]1CC[N+]1=O. The van der Waals surface area contributed by atoms with Crippen molar-refractivity contribution in [1.82, 2.24) is 9.97 Å². The zero-order chi connectivity index (χ0) is 18.2. The van der Waals surface area contributed by atoms with Gasteiger partial charge in [0.15, 0.2) is 6.04 Å². The molecule has 2 aliphatic heterocycles. The van der Waals surface area contributed by atoms with Crippen LogP contribution in [-0.4, -0.2) is 68.1 Å². The van der Waals surface area contributed by atoms with Crippen molar-refractivity contribution in [1.29, 1.82) is 0 Å². The number of primary amides is 1. The predicted molar refractivity (Wildman–Crippen MR) is 84.5 cm³/mol. The maximum absolute atomic E-state index is 13.2. The highest BCUT2D eigenvalue weighted by Gasteiger charge is 2.64. The van der Waals surface area contributed by atoms with Gasteiger partial charge in [-0.2, -0.15) is 4.48 Å². The molecule has 0 saturated carbocycles. The van der Waals surface area contributed by atoms with Gasteiger partial charge in [-0.1, -0.05) is 0 Å². The summed E-state index contributed by atoms with van der Waals surface area (Å²) in [7, 11) is 0. The minimum Gasteiger partial charge on any atom is -0.364 e. The standard InChI is InChI=1S/C15H21N6O4/c16-10(6-9-7-18-8-19-9)14(23)21(5-1-2-12(21)13(17)22)15(24)11-3-4-20(11)25/h7-8,10-12H,1-6,16H2,(H2-,17,18,19,22)/q+1/p+1/t10-,11-,12-,21?/m0/s1. The first-order valence-electron chi connectivity index (χ1n) is 8.30. The monoisotopic (exact) mass is 350 g/mol. The first kappa shape index (κ1) is 17.4. The molecule has 5 N–H and O–H groups in total. The minimum absolute atomic E-state index is 0.145. The van der Waals surface area contributed by atoms with E-state index in [2.05, 4.69) is 9.97 Å². The molecule has 10 nitrogen and oxygen atoms in total. The number of hydrogen-bond donors (Lipinski definition) is 3. The highest BCUT2D eigenvalue weighted by Crippen LogP contribution is 2.32. The number of nitrogens with zero attached hydrogens (tertiary/aromatic N) is 3. The van der Waals surface area contributed by atoms with E-state index < -0.39 is 40.3 Å². The molecule has 2 fully saturated rings. The molecule has 25 heavy (non-hydrogen) atoms. The molecule has 0 bridgehead atoms. The summed E-state index contributed by atoms with van der Waals surface area (Å²) in [4.78, 5) is 56.6. The van der Waals surface area contributed by atoms with Gasteiger partial charge in [0.2, 0.25) is 6.54 Å². The van der Waals surface area contributed by atoms with Gasteiger partial charge in [-0.25, -0.2) is 14.6 Å². The number of nitrogens with one attached hydrogen (secondary N) is 1. The van der Waals surface area contributed by atoms with Crippen molar-refractivity contribution in [3.63, 3.8) is 0 Å². The molecule has 2 aliphatic rings. The Kier molecular flexibility index (Phi) is 4.48. The summed E-state index contributed by atoms with van der Waals surface area (Å²) in [6.45, 7) is 0.387. The Morgan fingerprint density at radius 1 is 1.40 bits per heavy atom. The Hall–Kier alpha value is -2.46. The maximum Gasteiger partial charge on any atom is 0.394 e. The number of nitrogens with two attached hydrogens (primary N) is 2. The van der Waals surface area contributed by atoms with Crippen molar-refractivity contribution in [2.45, 2.75) is 43.8 Å². The summed E-state index contributed by atoms with van der Waals surface area (Å²) in [6, 6.07) is -2.89. The molecule has 1 unspecified atom stereocenters. The molecule has 1 aromatic heterocycles. The topological polar surface area (TPSA) is 152 Å². The van der Waals surface area contributed by atoms with Crippen LogP contribution < -0.4 is 11.5 Å². The first-order valence-corrected chi connectivity index (χ1v) is 8.30. The van der Waals surface area contributed by atoms with Gasteiger partial charge in [-0.05, 0) is 0 Å². The average molecular weight is 350 g/mol. The fourth-order valence-corrected chi connectivity index (χ4v) is 3.80. The summed E-state index contributed by atoms with van der Waals surface area (Å²) < 4.78 is -0.0968. The Labute approximate surface area is 143 Å². The second kappa shape index (κ2) is 6.45. The van der Waals surface area contributed by atoms with Gasteiger partial charge in [0.25, 0.3) is 5.91 Å². The second-order valence-electron chi connectivity index (χ2n) is 6.66. The number of carbonyl (C=O) groups is 3. The number of aromatic amines is 1. The molecule has 4 atom stereocenters. The number of aromatic nitrogens is 2. The third kappa shape index (κ3) is 2.76. The highest BCUT2D eigenvalue weighted by molar-refractivity contribution is 5.94. The predicted octanol–water partition coefficient (Wildman–Crippen LogP) is -1.65. The molecule has 1 aromatic rings. The van der Waals surface area contributed by atoms with Crippen molar-refractivity contribution in [2.24, 2.45) is 11.5 Å². The van der Waals surface area contributed by atoms with E-state index in [0.29, 0.717) is 29.7 Å². The van der Waals surface area contributed by atoms with Crippen molar-refractivity contribution in [3.8, 4) is 0 Å². The fourth-order valence-electron chi connectivity index (χ4n) is 3.80. The van der Waals surface area contributed by atoms with Crippen LogP contribution in [0.1, 0.15) is 25.0 Å². The maximum atomic E-state index is 13.2. The third-order valence-electron chi connectivity index (χ3n) is 5.20. The largest absolute Gasteiger partial charge is 0.394 e. The third-order valence-corrected chi connectivity index (χ3v) is 5.20. The molecule has 3 amide bonds. The van der Waals surface area contributed by atoms with Crippen LogP contribution in [0, 0.1) is 4.91 Å². The number of hydrogen-bond acceptors (Lipinski definition) is 6. The Bertz CT molecular complexity index is 718. The van der Waals surface area contributed by atoms with Crippen LogP contribution in [0.4, 0.5) is 0 Å². The molecule has 10 heteroatoms. The summed E-state index contributed by atoms with van der Waals surface area (Å²) in [6.07, 6.45) is 4.36. The van der Waals surface area contributed by atoms with E-state index in [1.807, 2.05) is 0 Å². The number of carbonyl (C=O) groups excluding carboxylic acids is 3. The van der Waals surface area contributed by atoms with Gasteiger partial charge in [-0.15, -0.1) is 0 Å². The highest BCUT2D eigenvalue weighted by atomic mass is 16.3. The lowest BCUT2D eigenvalue weighted by Crippen LogP contribution is -2.71. The van der Waals surface area contributed by atoms with E-state index in [0.717, 1.165) is 0 Å². The van der Waals surface area contributed by atoms with E-state index in [4.69, 9.17) is 11.5 Å². The molecular weight excluding hydrogens is 328 g/mol. The molecule has 0 spiro atoms. The zero-order valence-electron chi connectivity index (χ0n) is 13.8. The zero-order valence-corrected chi connectivity index (χ0v) is 13.8. The number of nitroso groups, excluding NO2 is 1. The van der Waals surface area contributed by atoms with Crippen molar-refractivity contribution in [2.75, 3.05) is 13.1 Å². The second-order valence-corrected chi connectivity index (χ2v) is 6.66. The molecule has 3 heterocycles. The lowest BCUT2D eigenvalue weighted by atomic mass is 10.00. The number of rotatable bonds is 5. The van der Waals surface area contributed by atoms with Gasteiger partial charge < -0.3 is 16.5 Å². The van der Waals surface area contributed by atoms with E-state index in [1.54, 1.807) is 6.20 Å². The van der Waals surface area contributed by atoms with Gasteiger partial charge in [0, 0.05) is 40.8 Å². The fraction of sp³-hybridized carbons (Fsp3) is 0.600. The molecule has 0 aliphatic carbocycles. The number of likely N-dealkylation sites (tertiary alicyclic amines) is 1. The van der Waals surface area contributed by atoms with Crippen LogP contribution >= 0.6 is 0 Å². The van der Waals surface area contributed by atoms with Crippen molar-refractivity contribution >= 4 is 17.7 Å². The van der Waals surface area contributed by atoms with Crippen LogP contribution in [-0.2, 0) is 20.8 Å². The van der Waals surface area contributed by atoms with Crippen LogP contribution in [0.2, 0.25) is 0 Å². The number of H-pyrrole nitrogens is 1. The van der Waals surface area contributed by atoms with Gasteiger partial charge >= 0.3 is 17.9 Å². The van der Waals surface area contributed by atoms with Gasteiger partial charge in [-0.3, -0.25) is 4.79 Å². The lowest BCUT2D eigenvalue weighted by molar-refractivity contribution is -0.797. The minimum atomic E-state index is -1.01. The molecule has 2 saturated heterocycles. The molecule has 134 valence electrons. The molecule has 0 radical (unpaired) electrons. The van der Waals surface area contributed by atoms with Gasteiger partial charge in [0.1, 0.15) is 6.04 Å². The number of imidazole rings is 1. The van der Waals surface area contributed by atoms with E-state index in [1.165, 1.54) is 6.33 Å². The van der Waals surface area contributed by atoms with Crippen molar-refractivity contribution < 1.29 is 23.6 Å². The molecule has 3 rings (SSSR count). The van der Waals surface area contributed by atoms with Crippen LogP contribution in [0.15, 0.2) is 12.5 Å². The number of quaternary nitrogens is 1. The summed E-state index contributed by atoms with van der Waals surface area (Å²) in [5.74, 6) is -1.85. The Balaban J connectivity index is 1.93. The molecular formula is C15H22N6O4+2. The average Bonchev–Trinajstić information content (AvgIpc) is 3.22. The quantitative estimate of drug-likeness (QED) is 0.427. The Morgan fingerprint density at radius 3 is 2.68 bits per heavy atom. The number of amides is 3. The summed E-state index contributed by atoms with van der Waals surface area (Å²) in [5, 5.41) is 0. The van der Waals surface area contributed by atoms with Crippen molar-refractivity contribution in [3.05, 3.63) is 23.1 Å². The molecule has 0 aromatic carbocycles.